The number of carbonyl (C=O) groups is 1. The lowest BCUT2D eigenvalue weighted by Crippen LogP contribution is -2.37. The van der Waals surface area contributed by atoms with Crippen molar-refractivity contribution in [1.29, 1.82) is 0 Å². The number of amides is 1. The largest absolute Gasteiger partial charge is 0.497 e. The topological polar surface area (TPSA) is 56.8 Å². The summed E-state index contributed by atoms with van der Waals surface area (Å²) in [7, 11) is 3.27. The highest BCUT2D eigenvalue weighted by Gasteiger charge is 2.27. The molecule has 6 heteroatoms. The molecular weight excluding hydrogens is 378 g/mol. The number of carbonyl (C=O) groups excluding carboxylic acids is 1. The van der Waals surface area contributed by atoms with Crippen molar-refractivity contribution >= 4 is 17.5 Å². The van der Waals surface area contributed by atoms with E-state index in [-0.39, 0.29) is 17.9 Å². The summed E-state index contributed by atoms with van der Waals surface area (Å²) < 4.78 is 16.8. The Morgan fingerprint density at radius 3 is 2.75 bits per heavy atom. The van der Waals surface area contributed by atoms with Crippen LogP contribution < -0.4 is 19.5 Å². The van der Waals surface area contributed by atoms with Crippen LogP contribution in [0.2, 0.25) is 5.02 Å². The molecule has 0 unspecified atom stereocenters. The van der Waals surface area contributed by atoms with Gasteiger partial charge < -0.3 is 19.5 Å². The Kier molecular flexibility index (Phi) is 6.35. The van der Waals surface area contributed by atoms with Crippen molar-refractivity contribution in [2.24, 2.45) is 5.92 Å². The molecule has 1 heterocycles. The monoisotopic (exact) mass is 403 g/mol. The van der Waals surface area contributed by atoms with E-state index in [4.69, 9.17) is 25.8 Å². The summed E-state index contributed by atoms with van der Waals surface area (Å²) in [5.41, 5.74) is 2.86. The molecule has 1 aliphatic heterocycles. The van der Waals surface area contributed by atoms with E-state index in [0.717, 1.165) is 34.6 Å². The van der Waals surface area contributed by atoms with Crippen LogP contribution in [0.25, 0.3) is 11.1 Å². The van der Waals surface area contributed by atoms with Gasteiger partial charge >= 0.3 is 0 Å². The molecule has 150 valence electrons. The summed E-state index contributed by atoms with van der Waals surface area (Å²) in [6.07, 6.45) is 1.38. The molecule has 0 saturated carbocycles. The molecule has 3 rings (SSSR count). The number of hydrogen-bond donors (Lipinski definition) is 1. The summed E-state index contributed by atoms with van der Waals surface area (Å²) in [5.74, 6) is 2.23. The van der Waals surface area contributed by atoms with E-state index in [2.05, 4.69) is 11.4 Å². The zero-order valence-corrected chi connectivity index (χ0v) is 17.4. The van der Waals surface area contributed by atoms with Gasteiger partial charge in [-0.1, -0.05) is 25.4 Å². The molecule has 0 saturated heterocycles. The second-order valence-corrected chi connectivity index (χ2v) is 7.42. The molecular formula is C22H26ClNO4. The lowest BCUT2D eigenvalue weighted by molar-refractivity contribution is -0.124. The van der Waals surface area contributed by atoms with Gasteiger partial charge in [-0.2, -0.15) is 0 Å². The van der Waals surface area contributed by atoms with Crippen LogP contribution in [-0.2, 0) is 11.2 Å². The quantitative estimate of drug-likeness (QED) is 0.740. The first-order valence-electron chi connectivity index (χ1n) is 9.46. The third kappa shape index (κ3) is 4.20. The standard InChI is InChI=1S/C22H26ClNO4/c1-5-13(2)22(25)24-12-17-9-15-8-14(10-19(23)21(15)28-17)18-11-16(26-3)6-7-20(18)27-4/h6-8,10-11,13,17H,5,9,12H2,1-4H3,(H,24,25)/t13-,17+/m0/s1. The minimum absolute atomic E-state index is 0.000468. The van der Waals surface area contributed by atoms with Crippen molar-refractivity contribution in [3.8, 4) is 28.4 Å². The van der Waals surface area contributed by atoms with E-state index in [1.807, 2.05) is 38.1 Å². The van der Waals surface area contributed by atoms with Gasteiger partial charge in [0, 0.05) is 23.5 Å². The summed E-state index contributed by atoms with van der Waals surface area (Å²) in [6.45, 7) is 4.39. The van der Waals surface area contributed by atoms with E-state index in [1.165, 1.54) is 0 Å². The lowest BCUT2D eigenvalue weighted by Gasteiger charge is -2.14. The van der Waals surface area contributed by atoms with E-state index >= 15 is 0 Å². The lowest BCUT2D eigenvalue weighted by atomic mass is 9.99. The molecule has 1 N–H and O–H groups in total. The molecule has 1 amide bonds. The molecule has 0 radical (unpaired) electrons. The fraction of sp³-hybridized carbons (Fsp3) is 0.409. The molecule has 2 atom stereocenters. The highest BCUT2D eigenvalue weighted by Crippen LogP contribution is 2.42. The van der Waals surface area contributed by atoms with Crippen LogP contribution >= 0.6 is 11.6 Å². The number of benzene rings is 2. The Hall–Kier alpha value is -2.40. The van der Waals surface area contributed by atoms with Crippen LogP contribution in [0.5, 0.6) is 17.2 Å². The minimum atomic E-state index is -0.122. The first kappa shape index (κ1) is 20.3. The van der Waals surface area contributed by atoms with Crippen LogP contribution in [0, 0.1) is 5.92 Å². The third-order valence-corrected chi connectivity index (χ3v) is 5.41. The number of ether oxygens (including phenoxy) is 3. The van der Waals surface area contributed by atoms with Gasteiger partial charge in [0.05, 0.1) is 25.8 Å². The summed E-state index contributed by atoms with van der Waals surface area (Å²) in [6, 6.07) is 9.60. The van der Waals surface area contributed by atoms with Crippen LogP contribution in [0.3, 0.4) is 0 Å². The van der Waals surface area contributed by atoms with Crippen LogP contribution in [0.4, 0.5) is 0 Å². The third-order valence-electron chi connectivity index (χ3n) is 5.13. The average molecular weight is 404 g/mol. The second-order valence-electron chi connectivity index (χ2n) is 7.01. The van der Waals surface area contributed by atoms with Gasteiger partial charge in [0.15, 0.2) is 0 Å². The van der Waals surface area contributed by atoms with Crippen molar-refractivity contribution in [2.45, 2.75) is 32.8 Å². The SMILES string of the molecule is CC[C@H](C)C(=O)NC[C@H]1Cc2cc(-c3cc(OC)ccc3OC)cc(Cl)c2O1. The Bertz CT molecular complexity index is 868. The van der Waals surface area contributed by atoms with Crippen molar-refractivity contribution in [3.63, 3.8) is 0 Å². The zero-order chi connectivity index (χ0) is 20.3. The predicted octanol–water partition coefficient (Wildman–Crippen LogP) is 4.49. The van der Waals surface area contributed by atoms with Gasteiger partial charge in [-0.15, -0.1) is 0 Å². The van der Waals surface area contributed by atoms with Crippen molar-refractivity contribution < 1.29 is 19.0 Å². The number of halogens is 1. The van der Waals surface area contributed by atoms with Gasteiger partial charge in [0.1, 0.15) is 23.4 Å². The number of methoxy groups -OCH3 is 2. The Labute approximate surface area is 170 Å². The number of hydrogen-bond acceptors (Lipinski definition) is 4. The van der Waals surface area contributed by atoms with E-state index in [1.54, 1.807) is 14.2 Å². The van der Waals surface area contributed by atoms with Gasteiger partial charge in [0.2, 0.25) is 5.91 Å². The highest BCUT2D eigenvalue weighted by atomic mass is 35.5. The summed E-state index contributed by atoms with van der Waals surface area (Å²) in [4.78, 5) is 12.0. The summed E-state index contributed by atoms with van der Waals surface area (Å²) >= 11 is 6.51. The molecule has 0 bridgehead atoms. The average Bonchev–Trinajstić information content (AvgIpc) is 3.14. The van der Waals surface area contributed by atoms with E-state index < -0.39 is 0 Å². The molecule has 2 aromatic carbocycles. The van der Waals surface area contributed by atoms with Gasteiger partial charge in [-0.05, 0) is 42.3 Å². The maximum Gasteiger partial charge on any atom is 0.222 e. The van der Waals surface area contributed by atoms with E-state index in [9.17, 15) is 4.79 Å². The van der Waals surface area contributed by atoms with Crippen molar-refractivity contribution in [3.05, 3.63) is 40.9 Å². The first-order valence-corrected chi connectivity index (χ1v) is 9.83. The number of fused-ring (bicyclic) bond motifs is 1. The van der Waals surface area contributed by atoms with E-state index in [0.29, 0.717) is 23.7 Å². The highest BCUT2D eigenvalue weighted by molar-refractivity contribution is 6.32. The first-order chi connectivity index (χ1) is 13.5. The second kappa shape index (κ2) is 8.74. The van der Waals surface area contributed by atoms with Crippen molar-refractivity contribution in [1.82, 2.24) is 5.32 Å². The molecule has 1 aliphatic rings. The number of nitrogens with one attached hydrogen (secondary N) is 1. The Morgan fingerprint density at radius 1 is 1.29 bits per heavy atom. The molecule has 0 aliphatic carbocycles. The normalized spacial score (nSPS) is 16.1. The molecule has 0 spiro atoms. The van der Waals surface area contributed by atoms with Gasteiger partial charge in [0.25, 0.3) is 0 Å². The maximum absolute atomic E-state index is 12.0. The zero-order valence-electron chi connectivity index (χ0n) is 16.7. The predicted molar refractivity (Wildman–Crippen MR) is 111 cm³/mol. The van der Waals surface area contributed by atoms with Gasteiger partial charge in [-0.25, -0.2) is 0 Å². The molecule has 5 nitrogen and oxygen atoms in total. The summed E-state index contributed by atoms with van der Waals surface area (Å²) in [5, 5.41) is 3.51. The fourth-order valence-corrected chi connectivity index (χ4v) is 3.55. The maximum atomic E-state index is 12.0. The van der Waals surface area contributed by atoms with Crippen LogP contribution in [-0.4, -0.2) is 32.8 Å². The van der Waals surface area contributed by atoms with Gasteiger partial charge in [-0.3, -0.25) is 4.79 Å². The smallest absolute Gasteiger partial charge is 0.222 e. The fourth-order valence-electron chi connectivity index (χ4n) is 3.27. The molecule has 2 aromatic rings. The van der Waals surface area contributed by atoms with Crippen molar-refractivity contribution in [2.75, 3.05) is 20.8 Å². The Morgan fingerprint density at radius 2 is 2.07 bits per heavy atom. The molecule has 0 aromatic heterocycles. The number of rotatable bonds is 7. The van der Waals surface area contributed by atoms with Crippen LogP contribution in [0.1, 0.15) is 25.8 Å². The Balaban J connectivity index is 1.81. The van der Waals surface area contributed by atoms with Crippen LogP contribution in [0.15, 0.2) is 30.3 Å². The molecule has 28 heavy (non-hydrogen) atoms. The molecule has 0 fully saturated rings. The minimum Gasteiger partial charge on any atom is -0.497 e.